The molecule has 0 aliphatic carbocycles. The van der Waals surface area contributed by atoms with Gasteiger partial charge in [-0.2, -0.15) is 8.42 Å². The van der Waals surface area contributed by atoms with Gasteiger partial charge in [0.05, 0.1) is 0 Å². The number of nitrogens with zero attached hydrogens (tertiary/aromatic N) is 2. The summed E-state index contributed by atoms with van der Waals surface area (Å²) in [4.78, 5) is 2.38. The van der Waals surface area contributed by atoms with Crippen molar-refractivity contribution >= 4 is 36.7 Å². The molecule has 4 nitrogen and oxygen atoms in total. The Morgan fingerprint density at radius 2 is 1.84 bits per heavy atom. The van der Waals surface area contributed by atoms with E-state index in [0.29, 0.717) is 22.8 Å². The molecule has 6 heteroatoms. The SMILES string of the molecule is CC1=C(c2cccc(Br)c2)S(=O)(=O)N=C1N1CCc2ccccc2C1. The first-order valence-corrected chi connectivity index (χ1v) is 10.3. The number of amidine groups is 1. The number of benzene rings is 2. The fourth-order valence-corrected chi connectivity index (χ4v) is 5.36. The van der Waals surface area contributed by atoms with E-state index in [1.807, 2.05) is 43.3 Å². The average Bonchev–Trinajstić information content (AvgIpc) is 2.83. The summed E-state index contributed by atoms with van der Waals surface area (Å²) in [5, 5.41) is 0. The molecular weight excluding hydrogens is 400 g/mol. The summed E-state index contributed by atoms with van der Waals surface area (Å²) in [6, 6.07) is 15.6. The topological polar surface area (TPSA) is 49.7 Å². The minimum atomic E-state index is -3.68. The Kier molecular flexibility index (Phi) is 4.04. The second kappa shape index (κ2) is 6.11. The fourth-order valence-electron chi connectivity index (χ4n) is 3.49. The highest BCUT2D eigenvalue weighted by Crippen LogP contribution is 2.35. The molecule has 0 fully saturated rings. The lowest BCUT2D eigenvalue weighted by Crippen LogP contribution is -2.35. The van der Waals surface area contributed by atoms with Gasteiger partial charge in [0.15, 0.2) is 0 Å². The summed E-state index contributed by atoms with van der Waals surface area (Å²) >= 11 is 3.41. The van der Waals surface area contributed by atoms with Gasteiger partial charge >= 0.3 is 0 Å². The Hall–Kier alpha value is -1.92. The third-order valence-electron chi connectivity index (χ3n) is 4.66. The lowest BCUT2D eigenvalue weighted by Gasteiger charge is -2.30. The van der Waals surface area contributed by atoms with Crippen LogP contribution in [0, 0.1) is 0 Å². The number of sulfonamides is 1. The summed E-state index contributed by atoms with van der Waals surface area (Å²) in [5.41, 5.74) is 3.95. The summed E-state index contributed by atoms with van der Waals surface area (Å²) in [6.07, 6.45) is 0.898. The number of hydrogen-bond acceptors (Lipinski definition) is 3. The van der Waals surface area contributed by atoms with Crippen LogP contribution in [0.3, 0.4) is 0 Å². The van der Waals surface area contributed by atoms with Crippen LogP contribution in [0.1, 0.15) is 23.6 Å². The molecule has 0 spiro atoms. The van der Waals surface area contributed by atoms with E-state index in [1.165, 1.54) is 11.1 Å². The second-order valence-electron chi connectivity index (χ2n) is 6.29. The first-order chi connectivity index (χ1) is 12.0. The number of hydrogen-bond donors (Lipinski definition) is 0. The summed E-state index contributed by atoms with van der Waals surface area (Å²) in [6.45, 7) is 3.31. The van der Waals surface area contributed by atoms with Crippen molar-refractivity contribution in [2.75, 3.05) is 6.54 Å². The monoisotopic (exact) mass is 416 g/mol. The van der Waals surface area contributed by atoms with Crippen LogP contribution in [-0.4, -0.2) is 25.7 Å². The van der Waals surface area contributed by atoms with Crippen molar-refractivity contribution < 1.29 is 8.42 Å². The molecule has 2 aromatic carbocycles. The van der Waals surface area contributed by atoms with Crippen LogP contribution in [0.15, 0.2) is 63.0 Å². The summed E-state index contributed by atoms with van der Waals surface area (Å²) in [7, 11) is -3.68. The standard InChI is InChI=1S/C19H17BrN2O2S/c1-13-18(15-7-4-8-17(20)11-15)25(23,24)21-19(13)22-10-9-14-5-2-3-6-16(14)12-22/h2-8,11H,9-10,12H2,1H3. The predicted octanol–water partition coefficient (Wildman–Crippen LogP) is 3.98. The Labute approximate surface area is 156 Å². The first kappa shape index (κ1) is 16.5. The maximum absolute atomic E-state index is 12.7. The molecule has 0 amide bonds. The smallest absolute Gasteiger partial charge is 0.285 e. The van der Waals surface area contributed by atoms with Crippen molar-refractivity contribution in [3.05, 3.63) is 75.3 Å². The Bertz CT molecular complexity index is 1030. The van der Waals surface area contributed by atoms with Gasteiger partial charge < -0.3 is 4.90 Å². The van der Waals surface area contributed by atoms with E-state index in [0.717, 1.165) is 23.0 Å². The second-order valence-corrected chi connectivity index (χ2v) is 8.75. The molecule has 0 N–H and O–H groups in total. The highest BCUT2D eigenvalue weighted by atomic mass is 79.9. The van der Waals surface area contributed by atoms with Crippen LogP contribution in [0.25, 0.3) is 4.91 Å². The van der Waals surface area contributed by atoms with E-state index < -0.39 is 10.0 Å². The van der Waals surface area contributed by atoms with Crippen molar-refractivity contribution in [2.45, 2.75) is 19.9 Å². The quantitative estimate of drug-likeness (QED) is 0.706. The average molecular weight is 417 g/mol. The molecule has 128 valence electrons. The van der Waals surface area contributed by atoms with Crippen molar-refractivity contribution in [3.63, 3.8) is 0 Å². The van der Waals surface area contributed by atoms with Gasteiger partial charge in [-0.05, 0) is 42.2 Å². The van der Waals surface area contributed by atoms with Gasteiger partial charge in [0.2, 0.25) is 0 Å². The van der Waals surface area contributed by atoms with Crippen LogP contribution >= 0.6 is 15.9 Å². The zero-order valence-corrected chi connectivity index (χ0v) is 16.1. The maximum atomic E-state index is 12.7. The van der Waals surface area contributed by atoms with Gasteiger partial charge in [0, 0.05) is 23.1 Å². The van der Waals surface area contributed by atoms with E-state index in [2.05, 4.69) is 37.4 Å². The van der Waals surface area contributed by atoms with E-state index in [1.54, 1.807) is 0 Å². The minimum Gasteiger partial charge on any atom is -0.351 e. The molecule has 2 heterocycles. The van der Waals surface area contributed by atoms with Gasteiger partial charge in [-0.1, -0.05) is 52.3 Å². The van der Waals surface area contributed by atoms with Gasteiger partial charge in [-0.15, -0.1) is 4.40 Å². The van der Waals surface area contributed by atoms with Crippen LogP contribution < -0.4 is 0 Å². The first-order valence-electron chi connectivity index (χ1n) is 8.09. The normalized spacial score (nSPS) is 19.0. The zero-order chi connectivity index (χ0) is 17.6. The predicted molar refractivity (Wildman–Crippen MR) is 104 cm³/mol. The van der Waals surface area contributed by atoms with Gasteiger partial charge in [-0.25, -0.2) is 0 Å². The summed E-state index contributed by atoms with van der Waals surface area (Å²) in [5.74, 6) is 0.574. The molecule has 0 bridgehead atoms. The minimum absolute atomic E-state index is 0.308. The molecule has 0 saturated heterocycles. The van der Waals surface area contributed by atoms with Crippen molar-refractivity contribution in [2.24, 2.45) is 4.40 Å². The third-order valence-corrected chi connectivity index (χ3v) is 6.62. The molecule has 0 saturated carbocycles. The van der Waals surface area contributed by atoms with Crippen molar-refractivity contribution in [1.29, 1.82) is 0 Å². The molecule has 2 aliphatic rings. The number of rotatable bonds is 1. The maximum Gasteiger partial charge on any atom is 0.285 e. The Balaban J connectivity index is 1.75. The van der Waals surface area contributed by atoms with E-state index >= 15 is 0 Å². The van der Waals surface area contributed by atoms with Crippen molar-refractivity contribution in [1.82, 2.24) is 4.90 Å². The Morgan fingerprint density at radius 3 is 2.60 bits per heavy atom. The highest BCUT2D eigenvalue weighted by Gasteiger charge is 2.34. The largest absolute Gasteiger partial charge is 0.351 e. The van der Waals surface area contributed by atoms with E-state index in [9.17, 15) is 8.42 Å². The molecule has 2 aliphatic heterocycles. The fraction of sp³-hybridized carbons (Fsp3) is 0.211. The molecule has 0 atom stereocenters. The number of fused-ring (bicyclic) bond motifs is 1. The summed E-state index contributed by atoms with van der Waals surface area (Å²) < 4.78 is 30.3. The zero-order valence-electron chi connectivity index (χ0n) is 13.7. The van der Waals surface area contributed by atoms with E-state index in [4.69, 9.17) is 0 Å². The molecule has 0 aromatic heterocycles. The van der Waals surface area contributed by atoms with Crippen LogP contribution in [0.2, 0.25) is 0 Å². The van der Waals surface area contributed by atoms with Crippen LogP contribution in [0.4, 0.5) is 0 Å². The molecule has 4 rings (SSSR count). The molecule has 25 heavy (non-hydrogen) atoms. The lowest BCUT2D eigenvalue weighted by atomic mass is 9.99. The molecular formula is C19H17BrN2O2S. The van der Waals surface area contributed by atoms with Gasteiger partial charge in [0.25, 0.3) is 10.0 Å². The van der Waals surface area contributed by atoms with Crippen LogP contribution in [-0.2, 0) is 23.0 Å². The van der Waals surface area contributed by atoms with Gasteiger partial charge in [0.1, 0.15) is 10.7 Å². The van der Waals surface area contributed by atoms with Crippen LogP contribution in [0.5, 0.6) is 0 Å². The molecule has 0 unspecified atom stereocenters. The van der Waals surface area contributed by atoms with Crippen molar-refractivity contribution in [3.8, 4) is 0 Å². The highest BCUT2D eigenvalue weighted by molar-refractivity contribution is 9.10. The number of halogens is 1. The molecule has 0 radical (unpaired) electrons. The van der Waals surface area contributed by atoms with E-state index in [-0.39, 0.29) is 0 Å². The third kappa shape index (κ3) is 2.93. The Morgan fingerprint density at radius 1 is 1.08 bits per heavy atom. The van der Waals surface area contributed by atoms with Gasteiger partial charge in [-0.3, -0.25) is 0 Å². The lowest BCUT2D eigenvalue weighted by molar-refractivity contribution is 0.395. The molecule has 2 aromatic rings.